The minimum atomic E-state index is -3.91. The highest BCUT2D eigenvalue weighted by molar-refractivity contribution is 7.86. The minimum absolute atomic E-state index is 0.147. The Hall–Kier alpha value is -2.28. The fraction of sp³-hybridized carbons (Fsp3) is 0.654. The van der Waals surface area contributed by atoms with Crippen molar-refractivity contribution in [2.75, 3.05) is 32.1 Å². The van der Waals surface area contributed by atoms with Gasteiger partial charge in [0, 0.05) is 18.9 Å². The van der Waals surface area contributed by atoms with E-state index in [0.29, 0.717) is 5.56 Å². The van der Waals surface area contributed by atoms with Crippen LogP contribution in [-0.2, 0) is 37.8 Å². The molecule has 0 bridgehead atoms. The van der Waals surface area contributed by atoms with Crippen LogP contribution in [0.1, 0.15) is 58.3 Å². The van der Waals surface area contributed by atoms with Crippen molar-refractivity contribution in [2.45, 2.75) is 72.2 Å². The third-order valence-corrected chi connectivity index (χ3v) is 12.0. The Labute approximate surface area is 228 Å². The third-order valence-electron chi connectivity index (χ3n) is 6.27. The molecule has 1 amide bonds. The second kappa shape index (κ2) is 14.2. The van der Waals surface area contributed by atoms with Crippen LogP contribution < -0.4 is 5.32 Å². The molecule has 38 heavy (non-hydrogen) atoms. The first-order chi connectivity index (χ1) is 17.4. The molecule has 0 saturated heterocycles. The SMILES string of the molecule is CC(=O)NCCCS(=O)(=O)OCC(C)(C)[C@@H](O[Si](C)(C)C(C)(C)C)C(=O)OCCOC(=O)c1ccccc1. The molecule has 1 aromatic rings. The molecule has 0 aliphatic rings. The predicted octanol–water partition coefficient (Wildman–Crippen LogP) is 3.68. The number of hydrogen-bond donors (Lipinski definition) is 1. The summed E-state index contributed by atoms with van der Waals surface area (Å²) in [6, 6.07) is 8.45. The lowest BCUT2D eigenvalue weighted by Gasteiger charge is -2.42. The summed E-state index contributed by atoms with van der Waals surface area (Å²) in [6.45, 7) is 14.3. The van der Waals surface area contributed by atoms with Crippen LogP contribution in [0.15, 0.2) is 30.3 Å². The van der Waals surface area contributed by atoms with E-state index < -0.39 is 41.9 Å². The van der Waals surface area contributed by atoms with Gasteiger partial charge in [-0.1, -0.05) is 52.8 Å². The number of amides is 1. The molecular weight excluding hydrogens is 530 g/mol. The first-order valence-electron chi connectivity index (χ1n) is 12.6. The highest BCUT2D eigenvalue weighted by atomic mass is 32.2. The number of ether oxygens (including phenoxy) is 2. The van der Waals surface area contributed by atoms with Crippen LogP contribution in [0.25, 0.3) is 0 Å². The summed E-state index contributed by atoms with van der Waals surface area (Å²) in [5, 5.41) is 2.30. The Morgan fingerprint density at radius 2 is 1.55 bits per heavy atom. The molecule has 0 radical (unpaired) electrons. The molecule has 0 heterocycles. The molecule has 0 spiro atoms. The summed E-state index contributed by atoms with van der Waals surface area (Å²) in [7, 11) is -6.40. The van der Waals surface area contributed by atoms with Crippen molar-refractivity contribution in [3.63, 3.8) is 0 Å². The molecule has 1 atom stereocenters. The molecule has 1 aromatic carbocycles. The molecule has 1 rings (SSSR count). The zero-order valence-corrected chi connectivity index (χ0v) is 25.6. The zero-order valence-electron chi connectivity index (χ0n) is 23.8. The van der Waals surface area contributed by atoms with E-state index in [1.165, 1.54) is 6.92 Å². The average Bonchev–Trinajstić information content (AvgIpc) is 2.81. The van der Waals surface area contributed by atoms with Crippen LogP contribution in [0.5, 0.6) is 0 Å². The molecule has 0 unspecified atom stereocenters. The molecule has 10 nitrogen and oxygen atoms in total. The monoisotopic (exact) mass is 573 g/mol. The average molecular weight is 574 g/mol. The van der Waals surface area contributed by atoms with Crippen LogP contribution in [0, 0.1) is 5.41 Å². The van der Waals surface area contributed by atoms with E-state index in [0.717, 1.165) is 0 Å². The van der Waals surface area contributed by atoms with Gasteiger partial charge in [0.25, 0.3) is 10.1 Å². The van der Waals surface area contributed by atoms with Gasteiger partial charge in [-0.05, 0) is 36.7 Å². The number of rotatable bonds is 15. The lowest BCUT2D eigenvalue weighted by Crippen LogP contribution is -2.52. The van der Waals surface area contributed by atoms with E-state index in [1.807, 2.05) is 33.9 Å². The number of esters is 2. The Balaban J connectivity index is 2.87. The van der Waals surface area contributed by atoms with Crippen molar-refractivity contribution in [3.05, 3.63) is 35.9 Å². The first-order valence-corrected chi connectivity index (χ1v) is 17.0. The summed E-state index contributed by atoms with van der Waals surface area (Å²) in [5.41, 5.74) is -0.688. The predicted molar refractivity (Wildman–Crippen MR) is 147 cm³/mol. The largest absolute Gasteiger partial charge is 0.460 e. The Morgan fingerprint density at radius 1 is 0.974 bits per heavy atom. The van der Waals surface area contributed by atoms with Crippen LogP contribution in [0.3, 0.4) is 0 Å². The molecule has 216 valence electrons. The van der Waals surface area contributed by atoms with Gasteiger partial charge < -0.3 is 19.2 Å². The third kappa shape index (κ3) is 11.6. The highest BCUT2D eigenvalue weighted by Gasteiger charge is 2.47. The van der Waals surface area contributed by atoms with Gasteiger partial charge in [0.05, 0.1) is 17.9 Å². The quantitative estimate of drug-likeness (QED) is 0.144. The summed E-state index contributed by atoms with van der Waals surface area (Å²) in [6.07, 6.45) is -0.932. The van der Waals surface area contributed by atoms with Crippen LogP contribution in [0.2, 0.25) is 18.1 Å². The maximum absolute atomic E-state index is 13.2. The molecule has 1 N–H and O–H groups in total. The van der Waals surface area contributed by atoms with Gasteiger partial charge in [0.15, 0.2) is 14.4 Å². The molecule has 0 aliphatic carbocycles. The lowest BCUT2D eigenvalue weighted by atomic mass is 9.87. The molecule has 0 saturated carbocycles. The summed E-state index contributed by atoms with van der Waals surface area (Å²) < 4.78 is 47.1. The lowest BCUT2D eigenvalue weighted by molar-refractivity contribution is -0.161. The number of benzene rings is 1. The Morgan fingerprint density at radius 3 is 2.11 bits per heavy atom. The van der Waals surface area contributed by atoms with Gasteiger partial charge in [0.1, 0.15) is 13.2 Å². The van der Waals surface area contributed by atoms with E-state index in [1.54, 1.807) is 44.2 Å². The smallest absolute Gasteiger partial charge is 0.338 e. The number of hydrogen-bond acceptors (Lipinski definition) is 9. The summed E-state index contributed by atoms with van der Waals surface area (Å²) >= 11 is 0. The summed E-state index contributed by atoms with van der Waals surface area (Å²) in [4.78, 5) is 36.3. The van der Waals surface area contributed by atoms with E-state index in [2.05, 4.69) is 5.32 Å². The van der Waals surface area contributed by atoms with Crippen molar-refractivity contribution in [1.29, 1.82) is 0 Å². The second-order valence-electron chi connectivity index (χ2n) is 11.3. The zero-order chi connectivity index (χ0) is 29.2. The van der Waals surface area contributed by atoms with Crippen molar-refractivity contribution >= 4 is 36.3 Å². The standard InChI is InChI=1S/C26H43NO9SSi/c1-20(28)27-15-12-18-37(31,32)35-19-26(5,6)22(36-38(7,8)25(2,3)4)24(30)34-17-16-33-23(29)21-13-10-9-11-14-21/h9-11,13-14,22H,12,15-19H2,1-8H3,(H,27,28)/t22-/m0/s1. The maximum atomic E-state index is 13.2. The fourth-order valence-electron chi connectivity index (χ4n) is 2.90. The maximum Gasteiger partial charge on any atom is 0.338 e. The normalized spacial score (nSPS) is 13.5. The topological polar surface area (TPSA) is 134 Å². The van der Waals surface area contributed by atoms with E-state index >= 15 is 0 Å². The minimum Gasteiger partial charge on any atom is -0.460 e. The van der Waals surface area contributed by atoms with Gasteiger partial charge in [-0.25, -0.2) is 9.59 Å². The highest BCUT2D eigenvalue weighted by Crippen LogP contribution is 2.40. The van der Waals surface area contributed by atoms with Gasteiger partial charge in [0.2, 0.25) is 5.91 Å². The van der Waals surface area contributed by atoms with E-state index in [9.17, 15) is 22.8 Å². The van der Waals surface area contributed by atoms with Crippen LogP contribution >= 0.6 is 0 Å². The van der Waals surface area contributed by atoms with Crippen molar-refractivity contribution in [2.24, 2.45) is 5.41 Å². The van der Waals surface area contributed by atoms with Crippen molar-refractivity contribution < 1.29 is 40.9 Å². The van der Waals surface area contributed by atoms with E-state index in [4.69, 9.17) is 18.1 Å². The van der Waals surface area contributed by atoms with Gasteiger partial charge in [-0.15, -0.1) is 0 Å². The van der Waals surface area contributed by atoms with Crippen LogP contribution in [-0.4, -0.2) is 72.8 Å². The molecule has 0 aromatic heterocycles. The van der Waals surface area contributed by atoms with Gasteiger partial charge in [-0.2, -0.15) is 8.42 Å². The number of nitrogens with one attached hydrogen (secondary N) is 1. The number of carbonyl (C=O) groups is 3. The number of carbonyl (C=O) groups excluding carboxylic acids is 3. The first kappa shape index (κ1) is 33.7. The van der Waals surface area contributed by atoms with Crippen molar-refractivity contribution in [3.8, 4) is 0 Å². The molecule has 0 aliphatic heterocycles. The van der Waals surface area contributed by atoms with Crippen molar-refractivity contribution in [1.82, 2.24) is 5.32 Å². The fourth-order valence-corrected chi connectivity index (χ4v) is 5.35. The second-order valence-corrected chi connectivity index (χ2v) is 17.8. The molecule has 0 fully saturated rings. The summed E-state index contributed by atoms with van der Waals surface area (Å²) in [5.74, 6) is -1.76. The Kier molecular flexibility index (Phi) is 12.6. The molecular formula is C26H43NO9SSi. The molecule has 12 heteroatoms. The Bertz CT molecular complexity index is 1030. The van der Waals surface area contributed by atoms with Gasteiger partial charge >= 0.3 is 11.9 Å². The van der Waals surface area contributed by atoms with E-state index in [-0.39, 0.29) is 49.5 Å². The van der Waals surface area contributed by atoms with Gasteiger partial charge in [-0.3, -0.25) is 8.98 Å². The van der Waals surface area contributed by atoms with Crippen LogP contribution in [0.4, 0.5) is 0 Å².